The van der Waals surface area contributed by atoms with E-state index in [1.807, 2.05) is 44.3 Å². The van der Waals surface area contributed by atoms with Crippen molar-refractivity contribution >= 4 is 22.7 Å². The number of fused-ring (bicyclic) bond motifs is 5. The van der Waals surface area contributed by atoms with Gasteiger partial charge in [0, 0.05) is 35.8 Å². The Labute approximate surface area is 164 Å². The highest BCUT2D eigenvalue weighted by atomic mass is 16.5. The van der Waals surface area contributed by atoms with Crippen LogP contribution in [0.3, 0.4) is 0 Å². The number of H-pyrrole nitrogens is 1. The number of aliphatic hydroxyl groups excluding tert-OH is 1. The number of Topliss-reactive ketones (excluding diaryl/α,β-unsaturated/α-hetero) is 1. The topological polar surface area (TPSA) is 82.6 Å². The van der Waals surface area contributed by atoms with Gasteiger partial charge in [-0.1, -0.05) is 29.8 Å². The Morgan fingerprint density at radius 1 is 1.39 bits per heavy atom. The summed E-state index contributed by atoms with van der Waals surface area (Å²) >= 11 is 0. The summed E-state index contributed by atoms with van der Waals surface area (Å²) in [6, 6.07) is 7.57. The van der Waals surface area contributed by atoms with Crippen molar-refractivity contribution in [2.75, 3.05) is 27.3 Å². The molecule has 148 valence electrons. The van der Waals surface area contributed by atoms with E-state index in [1.165, 1.54) is 7.11 Å². The molecule has 1 fully saturated rings. The zero-order chi connectivity index (χ0) is 20.1. The fourth-order valence-electron chi connectivity index (χ4n) is 5.29. The third kappa shape index (κ3) is 2.48. The number of carbonyl (C=O) groups is 2. The number of hydrogen-bond acceptors (Lipinski definition) is 5. The number of likely N-dealkylation sites (N-methyl/N-ethyl adjacent to an activating group) is 1. The van der Waals surface area contributed by atoms with E-state index in [1.54, 1.807) is 0 Å². The lowest BCUT2D eigenvalue weighted by atomic mass is 9.60. The summed E-state index contributed by atoms with van der Waals surface area (Å²) in [6.07, 6.45) is 2.62. The van der Waals surface area contributed by atoms with Crippen LogP contribution >= 0.6 is 0 Å². The number of esters is 1. The molecule has 4 rings (SSSR count). The number of aromatic amines is 1. The number of para-hydroxylation sites is 1. The molecule has 1 aromatic carbocycles. The first-order valence-electron chi connectivity index (χ1n) is 9.65. The fraction of sp³-hybridized carbons (Fsp3) is 0.455. The van der Waals surface area contributed by atoms with Crippen LogP contribution in [0.25, 0.3) is 10.9 Å². The van der Waals surface area contributed by atoms with E-state index in [2.05, 4.69) is 9.88 Å². The van der Waals surface area contributed by atoms with Crippen molar-refractivity contribution < 1.29 is 19.4 Å². The molecule has 2 bridgehead atoms. The number of piperidine rings is 1. The van der Waals surface area contributed by atoms with E-state index >= 15 is 0 Å². The first kappa shape index (κ1) is 18.9. The lowest BCUT2D eigenvalue weighted by Gasteiger charge is -2.52. The second kappa shape index (κ2) is 6.87. The average Bonchev–Trinajstić information content (AvgIpc) is 3.07. The van der Waals surface area contributed by atoms with Gasteiger partial charge in [-0.2, -0.15) is 0 Å². The number of hydrogen-bond donors (Lipinski definition) is 2. The van der Waals surface area contributed by atoms with Crippen LogP contribution < -0.4 is 0 Å². The first-order chi connectivity index (χ1) is 13.5. The monoisotopic (exact) mass is 382 g/mol. The van der Waals surface area contributed by atoms with E-state index < -0.39 is 11.4 Å². The summed E-state index contributed by atoms with van der Waals surface area (Å²) in [6.45, 7) is 2.22. The van der Waals surface area contributed by atoms with Crippen LogP contribution in [0.4, 0.5) is 0 Å². The number of ketones is 1. The number of methoxy groups -OCH3 is 1. The van der Waals surface area contributed by atoms with Gasteiger partial charge in [-0.3, -0.25) is 14.5 Å². The van der Waals surface area contributed by atoms with Gasteiger partial charge in [-0.15, -0.1) is 0 Å². The summed E-state index contributed by atoms with van der Waals surface area (Å²) in [4.78, 5) is 31.8. The Morgan fingerprint density at radius 3 is 2.82 bits per heavy atom. The molecule has 1 saturated heterocycles. The van der Waals surface area contributed by atoms with Gasteiger partial charge in [0.15, 0.2) is 5.78 Å². The molecule has 6 heteroatoms. The molecule has 0 amide bonds. The molecule has 3 atom stereocenters. The predicted octanol–water partition coefficient (Wildman–Crippen LogP) is 2.33. The summed E-state index contributed by atoms with van der Waals surface area (Å²) < 4.78 is 5.18. The van der Waals surface area contributed by atoms with Gasteiger partial charge in [0.05, 0.1) is 19.4 Å². The largest absolute Gasteiger partial charge is 0.468 e. The number of aliphatic hydroxyl groups is 1. The predicted molar refractivity (Wildman–Crippen MR) is 106 cm³/mol. The number of allylic oxidation sites excluding steroid dienone is 1. The molecular weight excluding hydrogens is 356 g/mol. The Morgan fingerprint density at radius 2 is 2.14 bits per heavy atom. The Bertz CT molecular complexity index is 976. The summed E-state index contributed by atoms with van der Waals surface area (Å²) in [5.41, 5.74) is 2.28. The second-order valence-corrected chi connectivity index (χ2v) is 7.89. The van der Waals surface area contributed by atoms with Crippen LogP contribution in [0.2, 0.25) is 0 Å². The zero-order valence-corrected chi connectivity index (χ0v) is 16.5. The van der Waals surface area contributed by atoms with E-state index in [0.717, 1.165) is 22.0 Å². The van der Waals surface area contributed by atoms with Crippen molar-refractivity contribution in [1.29, 1.82) is 0 Å². The molecule has 1 aliphatic heterocycles. The van der Waals surface area contributed by atoms with Gasteiger partial charge < -0.3 is 14.8 Å². The maximum atomic E-state index is 13.3. The molecule has 28 heavy (non-hydrogen) atoms. The van der Waals surface area contributed by atoms with Gasteiger partial charge in [0.1, 0.15) is 5.41 Å². The third-order valence-electron chi connectivity index (χ3n) is 6.71. The standard InChI is InChI=1S/C22H26N2O4/c1-4-13-11-24(2)19-9-15-14-7-5-6-8-17(14)23-20(15)18(26)10-16(13)22(19,12-25)21(27)28-3/h4-8,16,19,23,25H,9-12H2,1-3H3/b13-4-/t16-,19+,22-/m1/s1. The Balaban J connectivity index is 1.99. The minimum absolute atomic E-state index is 0.0275. The maximum absolute atomic E-state index is 13.3. The second-order valence-electron chi connectivity index (χ2n) is 7.89. The number of ether oxygens (including phenoxy) is 1. The van der Waals surface area contributed by atoms with Crippen molar-refractivity contribution in [3.05, 3.63) is 47.2 Å². The van der Waals surface area contributed by atoms with Crippen molar-refractivity contribution in [2.24, 2.45) is 11.3 Å². The van der Waals surface area contributed by atoms with Crippen LogP contribution in [0.1, 0.15) is 29.4 Å². The number of nitrogens with one attached hydrogen (secondary N) is 1. The van der Waals surface area contributed by atoms with Gasteiger partial charge >= 0.3 is 5.97 Å². The van der Waals surface area contributed by atoms with Crippen LogP contribution in [-0.4, -0.2) is 60.1 Å². The maximum Gasteiger partial charge on any atom is 0.316 e. The Kier molecular flexibility index (Phi) is 4.63. The van der Waals surface area contributed by atoms with E-state index in [0.29, 0.717) is 18.7 Å². The number of nitrogens with zero attached hydrogens (tertiary/aromatic N) is 1. The van der Waals surface area contributed by atoms with Crippen LogP contribution in [0, 0.1) is 11.3 Å². The van der Waals surface area contributed by atoms with Crippen LogP contribution in [0.15, 0.2) is 35.9 Å². The average molecular weight is 382 g/mol. The van der Waals surface area contributed by atoms with Gasteiger partial charge in [0.2, 0.25) is 0 Å². The number of benzene rings is 1. The lowest BCUT2D eigenvalue weighted by molar-refractivity contribution is -0.168. The molecule has 2 N–H and O–H groups in total. The number of rotatable bonds is 2. The molecular formula is C22H26N2O4. The van der Waals surface area contributed by atoms with Crippen LogP contribution in [0.5, 0.6) is 0 Å². The molecule has 0 unspecified atom stereocenters. The number of carbonyl (C=O) groups excluding carboxylic acids is 2. The van der Waals surface area contributed by atoms with Gasteiger partial charge in [-0.25, -0.2) is 0 Å². The molecule has 0 spiro atoms. The molecule has 6 nitrogen and oxygen atoms in total. The minimum atomic E-state index is -1.17. The highest BCUT2D eigenvalue weighted by Gasteiger charge is 2.58. The molecule has 1 aromatic heterocycles. The van der Waals surface area contributed by atoms with Gasteiger partial charge in [-0.05, 0) is 32.0 Å². The van der Waals surface area contributed by atoms with Crippen molar-refractivity contribution in [3.8, 4) is 0 Å². The highest BCUT2D eigenvalue weighted by Crippen LogP contribution is 2.49. The molecule has 0 saturated carbocycles. The summed E-state index contributed by atoms with van der Waals surface area (Å²) in [5.74, 6) is -0.865. The zero-order valence-electron chi connectivity index (χ0n) is 16.5. The molecule has 2 aromatic rings. The highest BCUT2D eigenvalue weighted by molar-refractivity contribution is 6.03. The number of aromatic nitrogens is 1. The smallest absolute Gasteiger partial charge is 0.316 e. The van der Waals surface area contributed by atoms with Gasteiger partial charge in [0.25, 0.3) is 0 Å². The summed E-state index contributed by atoms with van der Waals surface area (Å²) in [5, 5.41) is 11.5. The van der Waals surface area contributed by atoms with E-state index in [-0.39, 0.29) is 30.8 Å². The van der Waals surface area contributed by atoms with Crippen molar-refractivity contribution in [3.63, 3.8) is 0 Å². The minimum Gasteiger partial charge on any atom is -0.468 e. The molecule has 2 heterocycles. The SMILES string of the molecule is C/C=C1/CN(C)[C@H]2Cc3c([nH]c4ccccc34)C(=O)C[C@H]1[C@@]2(CO)C(=O)OC. The molecule has 0 radical (unpaired) electrons. The quantitative estimate of drug-likeness (QED) is 0.615. The van der Waals surface area contributed by atoms with E-state index in [9.17, 15) is 14.7 Å². The normalized spacial score (nSPS) is 29.4. The number of likely N-dealkylation sites (tertiary alicyclic amines) is 1. The van der Waals surface area contributed by atoms with Crippen molar-refractivity contribution in [1.82, 2.24) is 9.88 Å². The molecule has 1 aliphatic carbocycles. The third-order valence-corrected chi connectivity index (χ3v) is 6.71. The fourth-order valence-corrected chi connectivity index (χ4v) is 5.29. The van der Waals surface area contributed by atoms with Crippen LogP contribution in [-0.2, 0) is 16.0 Å². The Hall–Kier alpha value is -2.44. The lowest BCUT2D eigenvalue weighted by Crippen LogP contribution is -2.63. The molecule has 2 aliphatic rings. The van der Waals surface area contributed by atoms with Crippen molar-refractivity contribution in [2.45, 2.75) is 25.8 Å². The summed E-state index contributed by atoms with van der Waals surface area (Å²) in [7, 11) is 3.32. The van der Waals surface area contributed by atoms with E-state index in [4.69, 9.17) is 4.74 Å². The first-order valence-corrected chi connectivity index (χ1v) is 9.65.